The van der Waals surface area contributed by atoms with Crippen molar-refractivity contribution in [3.63, 3.8) is 0 Å². The Morgan fingerprint density at radius 3 is 1.88 bits per heavy atom. The third kappa shape index (κ3) is 6.33. The van der Waals surface area contributed by atoms with Crippen LogP contribution in [0.4, 0.5) is 0 Å². The zero-order valence-corrected chi connectivity index (χ0v) is 22.8. The molecule has 20 N–H and O–H groups in total. The van der Waals surface area contributed by atoms with Crippen LogP contribution in [0.3, 0.4) is 0 Å². The fourth-order valence-corrected chi connectivity index (χ4v) is 6.17. The second kappa shape index (κ2) is 13.7. The molecule has 4 rings (SSSR count). The van der Waals surface area contributed by atoms with E-state index in [0.29, 0.717) is 0 Å². The SMILES string of the molecule is NC[C@@H]1O[C@H](O[C@H]2[C@@H](O)[C@H](O[C@H]3[C@@H](O)[C@H](N)C[C@H](N)[C@@H]3C(N)[C@H]3O[C@H](O)[C@H](N)[C@@H](O)[C@@H]3O)O[C@@H]2CO)[C@H](N)[C@@H](O)[C@@H]1O. The molecule has 0 radical (unpaired) electrons. The first-order chi connectivity index (χ1) is 19.7. The van der Waals surface area contributed by atoms with Gasteiger partial charge < -0.3 is 98.9 Å². The lowest BCUT2D eigenvalue weighted by molar-refractivity contribution is -0.280. The molecule has 4 aliphatic rings. The van der Waals surface area contributed by atoms with Crippen molar-refractivity contribution in [3.8, 4) is 0 Å². The van der Waals surface area contributed by atoms with Gasteiger partial charge in [0, 0.05) is 30.6 Å². The van der Waals surface area contributed by atoms with Crippen molar-refractivity contribution in [2.75, 3.05) is 13.2 Å². The molecular formula is C23H46N6O13. The second-order valence-corrected chi connectivity index (χ2v) is 11.5. The van der Waals surface area contributed by atoms with Gasteiger partial charge in [-0.1, -0.05) is 0 Å². The van der Waals surface area contributed by atoms with E-state index in [1.807, 2.05) is 0 Å². The lowest BCUT2D eigenvalue weighted by Gasteiger charge is -2.49. The Morgan fingerprint density at radius 1 is 0.667 bits per heavy atom. The van der Waals surface area contributed by atoms with Crippen LogP contribution in [0.25, 0.3) is 0 Å². The van der Waals surface area contributed by atoms with Gasteiger partial charge >= 0.3 is 0 Å². The summed E-state index contributed by atoms with van der Waals surface area (Å²) in [5.74, 6) is -1.03. The summed E-state index contributed by atoms with van der Waals surface area (Å²) in [6, 6.07) is -5.57. The fourth-order valence-electron chi connectivity index (χ4n) is 6.17. The maximum Gasteiger partial charge on any atom is 0.187 e. The summed E-state index contributed by atoms with van der Waals surface area (Å²) in [7, 11) is 0. The van der Waals surface area contributed by atoms with Crippen molar-refractivity contribution in [3.05, 3.63) is 0 Å². The first-order valence-corrected chi connectivity index (χ1v) is 13.9. The number of rotatable bonds is 8. The summed E-state index contributed by atoms with van der Waals surface area (Å²) in [6.07, 6.45) is -19.9. The molecule has 0 spiro atoms. The zero-order valence-electron chi connectivity index (χ0n) is 22.8. The summed E-state index contributed by atoms with van der Waals surface area (Å²) >= 11 is 0. The normalized spacial score (nSPS) is 54.6. The quantitative estimate of drug-likeness (QED) is 0.121. The van der Waals surface area contributed by atoms with Crippen molar-refractivity contribution >= 4 is 0 Å². The molecule has 3 aliphatic heterocycles. The highest BCUT2D eigenvalue weighted by molar-refractivity contribution is 5.07. The molecule has 0 bridgehead atoms. The van der Waals surface area contributed by atoms with E-state index < -0.39 is 129 Å². The number of nitrogens with two attached hydrogens (primary N) is 6. The molecule has 1 saturated carbocycles. The summed E-state index contributed by atoms with van der Waals surface area (Å²) in [6.45, 7) is -0.840. The van der Waals surface area contributed by atoms with Crippen molar-refractivity contribution in [1.29, 1.82) is 0 Å². The van der Waals surface area contributed by atoms with Crippen LogP contribution in [0.5, 0.6) is 0 Å². The van der Waals surface area contributed by atoms with Gasteiger partial charge in [0.15, 0.2) is 18.9 Å². The maximum absolute atomic E-state index is 11.1. The van der Waals surface area contributed by atoms with E-state index in [0.717, 1.165) is 0 Å². The molecule has 19 heteroatoms. The van der Waals surface area contributed by atoms with Crippen LogP contribution in [-0.4, -0.2) is 170 Å². The van der Waals surface area contributed by atoms with Crippen LogP contribution >= 0.6 is 0 Å². The number of ether oxygens (including phenoxy) is 5. The molecule has 19 nitrogen and oxygen atoms in total. The van der Waals surface area contributed by atoms with Gasteiger partial charge in [0.1, 0.15) is 54.9 Å². The molecular weight excluding hydrogens is 568 g/mol. The number of aliphatic hydroxyl groups is 8. The Hall–Kier alpha value is -0.760. The highest BCUT2D eigenvalue weighted by Crippen LogP contribution is 2.36. The molecule has 42 heavy (non-hydrogen) atoms. The van der Waals surface area contributed by atoms with Crippen molar-refractivity contribution in [2.24, 2.45) is 40.3 Å². The van der Waals surface area contributed by atoms with Crippen LogP contribution in [0.1, 0.15) is 6.42 Å². The lowest BCUT2D eigenvalue weighted by atomic mass is 9.72. The van der Waals surface area contributed by atoms with Gasteiger partial charge in [0.25, 0.3) is 0 Å². The van der Waals surface area contributed by atoms with E-state index in [1.54, 1.807) is 0 Å². The summed E-state index contributed by atoms with van der Waals surface area (Å²) in [4.78, 5) is 0. The first-order valence-electron chi connectivity index (χ1n) is 13.9. The van der Waals surface area contributed by atoms with E-state index >= 15 is 0 Å². The van der Waals surface area contributed by atoms with Crippen LogP contribution in [0.2, 0.25) is 0 Å². The van der Waals surface area contributed by atoms with Crippen molar-refractivity contribution in [2.45, 2.75) is 123 Å². The third-order valence-corrected chi connectivity index (χ3v) is 8.76. The first kappa shape index (κ1) is 34.1. The molecule has 0 aromatic heterocycles. The minimum Gasteiger partial charge on any atom is -0.394 e. The minimum absolute atomic E-state index is 0.0688. The van der Waals surface area contributed by atoms with E-state index in [9.17, 15) is 40.9 Å². The molecule has 3 saturated heterocycles. The van der Waals surface area contributed by atoms with Crippen molar-refractivity contribution in [1.82, 2.24) is 0 Å². The predicted molar refractivity (Wildman–Crippen MR) is 138 cm³/mol. The van der Waals surface area contributed by atoms with Gasteiger partial charge in [-0.25, -0.2) is 0 Å². The molecule has 4 fully saturated rings. The van der Waals surface area contributed by atoms with Crippen LogP contribution in [0, 0.1) is 5.92 Å². The Morgan fingerprint density at radius 2 is 1.26 bits per heavy atom. The zero-order chi connectivity index (χ0) is 31.2. The number of hydrogen-bond acceptors (Lipinski definition) is 19. The lowest BCUT2D eigenvalue weighted by Crippen LogP contribution is -2.71. The molecule has 3 heterocycles. The molecule has 20 atom stereocenters. The maximum atomic E-state index is 11.1. The average molecular weight is 615 g/mol. The smallest absolute Gasteiger partial charge is 0.187 e. The number of aliphatic hydroxyl groups excluding tert-OH is 8. The van der Waals surface area contributed by atoms with Gasteiger partial charge in [-0.2, -0.15) is 0 Å². The summed E-state index contributed by atoms with van der Waals surface area (Å²) in [5, 5.41) is 83.5. The fraction of sp³-hybridized carbons (Fsp3) is 1.00. The average Bonchev–Trinajstić information content (AvgIpc) is 3.25. The predicted octanol–water partition coefficient (Wildman–Crippen LogP) is -9.30. The largest absolute Gasteiger partial charge is 0.394 e. The highest BCUT2D eigenvalue weighted by atomic mass is 16.7. The number of hydrogen-bond donors (Lipinski definition) is 14. The molecule has 0 aromatic rings. The standard InChI is InChI=1S/C23H46N6O13/c24-2-6-13(32)15(34)11(29)22(38-6)41-18-7(3-30)39-23(17(18)36)42-19-8(4(25)1-5(26)12(19)31)9(27)20-16(35)14(33)10(28)21(37)40-20/h4-23,30-37H,1-3,24-29H2/t4-,5+,6-,7+,8+,9?,10+,11+,12-,13+,14+,15+,16-,17+,18+,19+,20+,21-,22+,23-/m0/s1. The van der Waals surface area contributed by atoms with Gasteiger partial charge in [-0.3, -0.25) is 0 Å². The molecule has 0 amide bonds. The van der Waals surface area contributed by atoms with E-state index in [2.05, 4.69) is 0 Å². The molecule has 246 valence electrons. The van der Waals surface area contributed by atoms with Gasteiger partial charge in [-0.05, 0) is 6.42 Å². The summed E-state index contributed by atoms with van der Waals surface area (Å²) < 4.78 is 28.4. The molecule has 0 aromatic carbocycles. The van der Waals surface area contributed by atoms with Gasteiger partial charge in [0.05, 0.1) is 30.9 Å². The Labute approximate surface area is 241 Å². The molecule has 1 unspecified atom stereocenters. The Kier molecular flexibility index (Phi) is 11.1. The van der Waals surface area contributed by atoms with Crippen LogP contribution in [-0.2, 0) is 23.7 Å². The van der Waals surface area contributed by atoms with E-state index in [4.69, 9.17) is 58.1 Å². The summed E-state index contributed by atoms with van der Waals surface area (Å²) in [5.41, 5.74) is 36.1. The Bertz CT molecular complexity index is 885. The molecule has 1 aliphatic carbocycles. The van der Waals surface area contributed by atoms with Crippen LogP contribution in [0.15, 0.2) is 0 Å². The van der Waals surface area contributed by atoms with E-state index in [-0.39, 0.29) is 13.0 Å². The third-order valence-electron chi connectivity index (χ3n) is 8.76. The van der Waals surface area contributed by atoms with Crippen LogP contribution < -0.4 is 34.4 Å². The van der Waals surface area contributed by atoms with Gasteiger partial charge in [-0.15, -0.1) is 0 Å². The van der Waals surface area contributed by atoms with Crippen molar-refractivity contribution < 1.29 is 64.5 Å². The highest BCUT2D eigenvalue weighted by Gasteiger charge is 2.55. The van der Waals surface area contributed by atoms with Gasteiger partial charge in [0.2, 0.25) is 0 Å². The monoisotopic (exact) mass is 614 g/mol. The minimum atomic E-state index is -1.67. The topological polar surface area (TPSA) is 364 Å². The van der Waals surface area contributed by atoms with E-state index in [1.165, 1.54) is 0 Å². The second-order valence-electron chi connectivity index (χ2n) is 11.5. The Balaban J connectivity index is 1.53.